The Balaban J connectivity index is 1.68. The topological polar surface area (TPSA) is 157 Å². The summed E-state index contributed by atoms with van der Waals surface area (Å²) in [6.07, 6.45) is -2.29. The SMILES string of the molecule is COc1ccc2c([C@H](Nc3cc(C#N)c4ncc(C#N)c(NCC(C)(C)C)c4c3)C(C=NC3(C(F)(F)F)CC3)=NN)cccc2n1. The largest absolute Gasteiger partial charge is 0.481 e. The van der Waals surface area contributed by atoms with Gasteiger partial charge in [0.25, 0.3) is 0 Å². The monoisotopic (exact) mass is 627 g/mol. The van der Waals surface area contributed by atoms with E-state index in [2.05, 4.69) is 42.8 Å². The number of ether oxygens (including phenoxy) is 1. The first-order valence-electron chi connectivity index (χ1n) is 14.4. The number of nitrogens with one attached hydrogen (secondary N) is 2. The van der Waals surface area contributed by atoms with Gasteiger partial charge in [-0.25, -0.2) is 4.98 Å². The summed E-state index contributed by atoms with van der Waals surface area (Å²) in [5.41, 5.74) is 0.697. The van der Waals surface area contributed by atoms with E-state index in [-0.39, 0.29) is 29.5 Å². The van der Waals surface area contributed by atoms with Gasteiger partial charge in [0.1, 0.15) is 17.9 Å². The van der Waals surface area contributed by atoms with Crippen LogP contribution < -0.4 is 21.2 Å². The van der Waals surface area contributed by atoms with Crippen LogP contribution in [0.3, 0.4) is 0 Å². The fourth-order valence-electron chi connectivity index (χ4n) is 5.08. The van der Waals surface area contributed by atoms with E-state index in [9.17, 15) is 23.7 Å². The van der Waals surface area contributed by atoms with Crippen molar-refractivity contribution < 1.29 is 17.9 Å². The molecule has 1 fully saturated rings. The molecule has 5 rings (SSSR count). The second kappa shape index (κ2) is 12.2. The highest BCUT2D eigenvalue weighted by atomic mass is 19.4. The Kier molecular flexibility index (Phi) is 8.46. The van der Waals surface area contributed by atoms with E-state index in [1.165, 1.54) is 13.3 Å². The quantitative estimate of drug-likeness (QED) is 0.106. The van der Waals surface area contributed by atoms with E-state index in [4.69, 9.17) is 10.6 Å². The Bertz CT molecular complexity index is 1950. The Morgan fingerprint density at radius 3 is 2.46 bits per heavy atom. The fraction of sp³-hybridized carbons (Fsp3) is 0.333. The van der Waals surface area contributed by atoms with Crippen molar-refractivity contribution in [3.63, 3.8) is 0 Å². The predicted octanol–water partition coefficient (Wildman–Crippen LogP) is 6.63. The number of rotatable bonds is 9. The first-order valence-corrected chi connectivity index (χ1v) is 14.4. The van der Waals surface area contributed by atoms with E-state index in [0.29, 0.717) is 56.7 Å². The van der Waals surface area contributed by atoms with Crippen molar-refractivity contribution in [1.29, 1.82) is 10.5 Å². The van der Waals surface area contributed by atoms with Crippen LogP contribution in [0.5, 0.6) is 5.88 Å². The number of nitrogens with zero attached hydrogens (tertiary/aromatic N) is 6. The van der Waals surface area contributed by atoms with Crippen molar-refractivity contribution in [3.8, 4) is 18.0 Å². The maximum absolute atomic E-state index is 13.8. The first kappa shape index (κ1) is 32.0. The van der Waals surface area contributed by atoms with Crippen LogP contribution in [-0.2, 0) is 0 Å². The van der Waals surface area contributed by atoms with Crippen LogP contribution in [0, 0.1) is 28.1 Å². The van der Waals surface area contributed by atoms with Gasteiger partial charge in [0.2, 0.25) is 5.88 Å². The molecule has 0 saturated heterocycles. The lowest BCUT2D eigenvalue weighted by Crippen LogP contribution is -2.31. The normalized spacial score (nSPS) is 15.4. The number of fused-ring (bicyclic) bond motifs is 2. The number of aromatic nitrogens is 2. The van der Waals surface area contributed by atoms with Crippen molar-refractivity contribution in [3.05, 3.63) is 65.4 Å². The van der Waals surface area contributed by atoms with Gasteiger partial charge >= 0.3 is 6.18 Å². The number of anilines is 2. The van der Waals surface area contributed by atoms with E-state index >= 15 is 0 Å². The van der Waals surface area contributed by atoms with Crippen molar-refractivity contribution in [1.82, 2.24) is 9.97 Å². The number of nitriles is 2. The van der Waals surface area contributed by atoms with Gasteiger partial charge in [-0.1, -0.05) is 32.9 Å². The lowest BCUT2D eigenvalue weighted by atomic mass is 9.95. The zero-order valence-electron chi connectivity index (χ0n) is 25.7. The Hall–Kier alpha value is -5.43. The summed E-state index contributed by atoms with van der Waals surface area (Å²) in [6.45, 7) is 6.66. The number of halogens is 3. The summed E-state index contributed by atoms with van der Waals surface area (Å²) in [6, 6.07) is 15.5. The van der Waals surface area contributed by atoms with Crippen LogP contribution in [0.15, 0.2) is 58.8 Å². The molecule has 236 valence electrons. The lowest BCUT2D eigenvalue weighted by Gasteiger charge is -2.24. The van der Waals surface area contributed by atoms with Crippen molar-refractivity contribution in [2.45, 2.75) is 51.4 Å². The second-order valence-electron chi connectivity index (χ2n) is 12.3. The smallest absolute Gasteiger partial charge is 0.413 e. The molecule has 13 heteroatoms. The molecule has 0 bridgehead atoms. The maximum Gasteiger partial charge on any atom is 0.413 e. The molecule has 0 amide bonds. The number of pyridine rings is 2. The van der Waals surface area contributed by atoms with Crippen LogP contribution in [0.25, 0.3) is 21.8 Å². The van der Waals surface area contributed by atoms with E-state index in [0.717, 1.165) is 6.21 Å². The minimum absolute atomic E-state index is 0.0208. The highest BCUT2D eigenvalue weighted by molar-refractivity contribution is 6.34. The van der Waals surface area contributed by atoms with Crippen molar-refractivity contribution >= 4 is 45.1 Å². The molecule has 1 atom stereocenters. The number of hydrogen-bond donors (Lipinski definition) is 3. The number of nitrogens with two attached hydrogens (primary N) is 1. The molecule has 0 radical (unpaired) electrons. The third-order valence-electron chi connectivity index (χ3n) is 7.72. The minimum atomic E-state index is -4.52. The summed E-state index contributed by atoms with van der Waals surface area (Å²) in [7, 11) is 1.50. The fourth-order valence-corrected chi connectivity index (χ4v) is 5.08. The van der Waals surface area contributed by atoms with E-state index in [1.807, 2.05) is 20.8 Å². The zero-order chi connectivity index (χ0) is 33.3. The van der Waals surface area contributed by atoms with Gasteiger partial charge in [0.05, 0.1) is 41.0 Å². The van der Waals surface area contributed by atoms with Gasteiger partial charge < -0.3 is 21.2 Å². The van der Waals surface area contributed by atoms with E-state index < -0.39 is 17.8 Å². The van der Waals surface area contributed by atoms with Crippen molar-refractivity contribution in [2.24, 2.45) is 21.4 Å². The Labute approximate surface area is 263 Å². The van der Waals surface area contributed by atoms with Gasteiger partial charge in [-0.2, -0.15) is 28.8 Å². The molecule has 2 aromatic carbocycles. The number of alkyl halides is 3. The highest BCUT2D eigenvalue weighted by Crippen LogP contribution is 2.52. The average Bonchev–Trinajstić information content (AvgIpc) is 3.83. The van der Waals surface area contributed by atoms with E-state index in [1.54, 1.807) is 42.5 Å². The second-order valence-corrected chi connectivity index (χ2v) is 12.3. The van der Waals surface area contributed by atoms with Crippen LogP contribution in [0.2, 0.25) is 0 Å². The first-order chi connectivity index (χ1) is 21.8. The zero-order valence-corrected chi connectivity index (χ0v) is 25.7. The van der Waals surface area contributed by atoms with Crippen LogP contribution in [0.4, 0.5) is 24.5 Å². The number of hydrogen-bond acceptors (Lipinski definition) is 10. The number of benzene rings is 2. The molecule has 1 aliphatic rings. The third kappa shape index (κ3) is 6.35. The Morgan fingerprint density at radius 2 is 1.85 bits per heavy atom. The number of hydrazone groups is 1. The third-order valence-corrected chi connectivity index (χ3v) is 7.72. The molecule has 0 unspecified atom stereocenters. The summed E-state index contributed by atoms with van der Waals surface area (Å²) in [4.78, 5) is 12.8. The minimum Gasteiger partial charge on any atom is -0.481 e. The van der Waals surface area contributed by atoms with Crippen molar-refractivity contribution in [2.75, 3.05) is 24.3 Å². The number of methoxy groups -OCH3 is 1. The molecule has 0 spiro atoms. The summed E-state index contributed by atoms with van der Waals surface area (Å²) in [5.74, 6) is 6.22. The molecular weight excluding hydrogens is 595 g/mol. The summed E-state index contributed by atoms with van der Waals surface area (Å²) >= 11 is 0. The van der Waals surface area contributed by atoms with Gasteiger partial charge in [-0.15, -0.1) is 0 Å². The standard InChI is InChI=1S/C33H32F3N9O/c1-31(2,3)18-41-29-20(15-38)16-40-28-19(14-37)12-21(13-24(28)29)43-30(26(45-39)17-42-32(10-11-32)33(34,35)36)23-6-5-7-25-22(23)8-9-27(44-25)46-4/h5-9,12-13,16-17,30,43H,10-11,18,39H2,1-4H3,(H,40,41)/t30-/m0/s1. The molecule has 10 nitrogen and oxygen atoms in total. The lowest BCUT2D eigenvalue weighted by molar-refractivity contribution is -0.155. The molecule has 4 N–H and O–H groups in total. The highest BCUT2D eigenvalue weighted by Gasteiger charge is 2.63. The molecular formula is C33H32F3N9O. The maximum atomic E-state index is 13.8. The summed E-state index contributed by atoms with van der Waals surface area (Å²) in [5, 5.41) is 31.7. The molecule has 0 aliphatic heterocycles. The van der Waals surface area contributed by atoms with Crippen LogP contribution in [-0.4, -0.2) is 47.3 Å². The molecule has 2 aromatic heterocycles. The van der Waals surface area contributed by atoms with Gasteiger partial charge in [0.15, 0.2) is 5.54 Å². The van der Waals surface area contributed by atoms with Gasteiger partial charge in [-0.05, 0) is 48.1 Å². The van der Waals surface area contributed by atoms with Crippen LogP contribution >= 0.6 is 0 Å². The predicted molar refractivity (Wildman–Crippen MR) is 172 cm³/mol. The molecule has 2 heterocycles. The summed E-state index contributed by atoms with van der Waals surface area (Å²) < 4.78 is 46.6. The average molecular weight is 628 g/mol. The van der Waals surface area contributed by atoms with Gasteiger partial charge in [-0.3, -0.25) is 9.98 Å². The Morgan fingerprint density at radius 1 is 1.11 bits per heavy atom. The molecule has 46 heavy (non-hydrogen) atoms. The van der Waals surface area contributed by atoms with Crippen LogP contribution in [0.1, 0.15) is 56.3 Å². The molecule has 1 saturated carbocycles. The molecule has 1 aliphatic carbocycles. The van der Waals surface area contributed by atoms with Gasteiger partial charge in [0, 0.05) is 41.5 Å². The molecule has 4 aromatic rings. The number of aliphatic imine (C=N–C) groups is 1.